The van der Waals surface area contributed by atoms with E-state index in [-0.39, 0.29) is 44.8 Å². The number of benzene rings is 4. The molecule has 1 aliphatic heterocycles. The van der Waals surface area contributed by atoms with E-state index in [1.807, 2.05) is 59.5 Å². The highest BCUT2D eigenvalue weighted by atomic mass is 16.5. The van der Waals surface area contributed by atoms with Crippen LogP contribution < -0.4 is 19.7 Å². The van der Waals surface area contributed by atoms with Crippen LogP contribution in [0.1, 0.15) is 17.0 Å². The smallest absolute Gasteiger partial charge is 0.407 e. The fourth-order valence-electron chi connectivity index (χ4n) is 7.61. The van der Waals surface area contributed by atoms with Gasteiger partial charge in [-0.3, -0.25) is 4.79 Å². The lowest BCUT2D eigenvalue weighted by molar-refractivity contribution is -0.137. The lowest BCUT2D eigenvalue weighted by Crippen LogP contribution is -2.49. The van der Waals surface area contributed by atoms with E-state index in [9.17, 15) is 14.7 Å². The summed E-state index contributed by atoms with van der Waals surface area (Å²) in [5.41, 5.74) is 8.24. The molecule has 2 aliphatic rings. The molecule has 2 N–H and O–H groups in total. The molecule has 6 aromatic rings. The standard InChI is InChI=1S/C43H45N9O7/c1-56-38-16-15-31(25-39(38)57-2)52-41-37(47-48-52)26-44-42(46-41)45-29-11-13-30(14-12-29)49-17-19-50(20-18-49)40(53)28-59-24-23-58-22-21-51(43(54)55)27-36-34-9-5-3-7-32(34)33-8-4-6-10-35(33)36/h3-16,25-26,36H,17-24,27-28H2,1-2H3,(H,54,55)(H,44,45,46). The van der Waals surface area contributed by atoms with Crippen molar-refractivity contribution in [2.45, 2.75) is 5.92 Å². The van der Waals surface area contributed by atoms with Gasteiger partial charge in [-0.2, -0.15) is 9.67 Å². The number of fused-ring (bicyclic) bond motifs is 4. The van der Waals surface area contributed by atoms with Crippen molar-refractivity contribution in [1.29, 1.82) is 0 Å². The average molecular weight is 800 g/mol. The molecule has 2 aromatic heterocycles. The van der Waals surface area contributed by atoms with Gasteiger partial charge in [-0.15, -0.1) is 5.10 Å². The SMILES string of the molecule is COc1ccc(-n2nnc3cnc(Nc4ccc(N5CCN(C(=O)COCCOCCN(CC6c7ccccc7-c7ccccc76)C(=O)O)CC5)cc4)nc32)cc1OC. The van der Waals surface area contributed by atoms with Crippen molar-refractivity contribution < 1.29 is 33.6 Å². The van der Waals surface area contributed by atoms with E-state index >= 15 is 0 Å². The minimum atomic E-state index is -0.984. The van der Waals surface area contributed by atoms with E-state index in [1.165, 1.54) is 4.90 Å². The van der Waals surface area contributed by atoms with Crippen molar-refractivity contribution in [1.82, 2.24) is 34.8 Å². The van der Waals surface area contributed by atoms with Gasteiger partial charge in [0.25, 0.3) is 0 Å². The molecule has 59 heavy (non-hydrogen) atoms. The van der Waals surface area contributed by atoms with Crippen molar-refractivity contribution >= 4 is 40.5 Å². The Kier molecular flexibility index (Phi) is 11.8. The largest absolute Gasteiger partial charge is 0.493 e. The quantitative estimate of drug-likeness (QED) is 0.119. The fraction of sp³-hybridized carbons (Fsp3) is 0.302. The Labute approximate surface area is 340 Å². The number of rotatable bonds is 16. The summed E-state index contributed by atoms with van der Waals surface area (Å²) < 4.78 is 23.8. The number of carbonyl (C=O) groups is 2. The van der Waals surface area contributed by atoms with Crippen LogP contribution in [-0.4, -0.2) is 132 Å². The summed E-state index contributed by atoms with van der Waals surface area (Å²) in [6, 6.07) is 29.8. The molecule has 0 saturated carbocycles. The van der Waals surface area contributed by atoms with Gasteiger partial charge >= 0.3 is 6.09 Å². The van der Waals surface area contributed by atoms with Gasteiger partial charge in [0.1, 0.15) is 6.61 Å². The zero-order chi connectivity index (χ0) is 40.7. The third-order valence-electron chi connectivity index (χ3n) is 10.7. The van der Waals surface area contributed by atoms with E-state index in [0.29, 0.717) is 67.0 Å². The molecular formula is C43H45N9O7. The molecule has 304 valence electrons. The first-order valence-corrected chi connectivity index (χ1v) is 19.4. The van der Waals surface area contributed by atoms with E-state index in [4.69, 9.17) is 18.9 Å². The zero-order valence-electron chi connectivity index (χ0n) is 32.9. The Balaban J connectivity index is 0.750. The van der Waals surface area contributed by atoms with E-state index in [1.54, 1.807) is 37.2 Å². The lowest BCUT2D eigenvalue weighted by Gasteiger charge is -2.36. The van der Waals surface area contributed by atoms with Crippen LogP contribution in [0.5, 0.6) is 11.5 Å². The van der Waals surface area contributed by atoms with E-state index in [2.05, 4.69) is 54.8 Å². The molecule has 3 heterocycles. The first kappa shape index (κ1) is 39.1. The maximum atomic E-state index is 12.9. The second-order valence-electron chi connectivity index (χ2n) is 14.1. The average Bonchev–Trinajstić information content (AvgIpc) is 3.84. The normalized spacial score (nSPS) is 13.6. The number of nitrogens with one attached hydrogen (secondary N) is 1. The summed E-state index contributed by atoms with van der Waals surface area (Å²) in [6.07, 6.45) is 0.639. The molecule has 1 aliphatic carbocycles. The lowest BCUT2D eigenvalue weighted by atomic mass is 9.96. The number of nitrogens with zero attached hydrogens (tertiary/aromatic N) is 8. The first-order valence-electron chi connectivity index (χ1n) is 19.4. The van der Waals surface area contributed by atoms with Crippen LogP contribution >= 0.6 is 0 Å². The molecule has 4 aromatic carbocycles. The van der Waals surface area contributed by atoms with Crippen LogP contribution in [0.15, 0.2) is 97.2 Å². The van der Waals surface area contributed by atoms with Gasteiger partial charge < -0.3 is 44.1 Å². The third-order valence-corrected chi connectivity index (χ3v) is 10.7. The molecule has 0 unspecified atom stereocenters. The van der Waals surface area contributed by atoms with E-state index < -0.39 is 6.09 Å². The molecule has 1 fully saturated rings. The maximum Gasteiger partial charge on any atom is 0.407 e. The van der Waals surface area contributed by atoms with Gasteiger partial charge in [0.05, 0.1) is 45.9 Å². The molecule has 16 heteroatoms. The van der Waals surface area contributed by atoms with Crippen molar-refractivity contribution in [3.8, 4) is 28.3 Å². The second kappa shape index (κ2) is 17.8. The topological polar surface area (TPSA) is 170 Å². The van der Waals surface area contributed by atoms with Gasteiger partial charge in [-0.1, -0.05) is 53.7 Å². The monoisotopic (exact) mass is 799 g/mol. The van der Waals surface area contributed by atoms with Gasteiger partial charge in [0.2, 0.25) is 11.9 Å². The Morgan fingerprint density at radius 2 is 1.49 bits per heavy atom. The summed E-state index contributed by atoms with van der Waals surface area (Å²) in [6.45, 7) is 3.80. The third kappa shape index (κ3) is 8.59. The minimum Gasteiger partial charge on any atom is -0.493 e. The number of carboxylic acid groups (broad SMARTS) is 1. The molecule has 0 spiro atoms. The summed E-state index contributed by atoms with van der Waals surface area (Å²) in [5.74, 6) is 1.46. The van der Waals surface area contributed by atoms with Gasteiger partial charge in [0.15, 0.2) is 22.7 Å². The highest BCUT2D eigenvalue weighted by Gasteiger charge is 2.31. The number of amides is 2. The number of hydrogen-bond acceptors (Lipinski definition) is 12. The second-order valence-corrected chi connectivity index (χ2v) is 14.1. The fourth-order valence-corrected chi connectivity index (χ4v) is 7.61. The highest BCUT2D eigenvalue weighted by Crippen LogP contribution is 2.44. The molecule has 0 atom stereocenters. The number of carbonyl (C=O) groups excluding carboxylic acids is 1. The van der Waals surface area contributed by atoms with Crippen LogP contribution in [0.3, 0.4) is 0 Å². The number of ether oxygens (including phenoxy) is 4. The highest BCUT2D eigenvalue weighted by molar-refractivity contribution is 5.80. The Morgan fingerprint density at radius 3 is 2.19 bits per heavy atom. The Hall–Kier alpha value is -6.78. The van der Waals surface area contributed by atoms with Crippen molar-refractivity contribution in [2.24, 2.45) is 0 Å². The van der Waals surface area contributed by atoms with Gasteiger partial charge in [0, 0.05) is 62.6 Å². The number of piperazine rings is 1. The molecular weight excluding hydrogens is 755 g/mol. The number of methoxy groups -OCH3 is 2. The molecule has 16 nitrogen and oxygen atoms in total. The van der Waals surface area contributed by atoms with Gasteiger partial charge in [-0.05, 0) is 58.7 Å². The van der Waals surface area contributed by atoms with Crippen LogP contribution in [0.2, 0.25) is 0 Å². The van der Waals surface area contributed by atoms with Crippen molar-refractivity contribution in [3.05, 3.63) is 108 Å². The number of hydrogen-bond donors (Lipinski definition) is 2. The van der Waals surface area contributed by atoms with Crippen molar-refractivity contribution in [3.63, 3.8) is 0 Å². The van der Waals surface area contributed by atoms with E-state index in [0.717, 1.165) is 33.6 Å². The maximum absolute atomic E-state index is 12.9. The van der Waals surface area contributed by atoms with Crippen LogP contribution in [-0.2, 0) is 14.3 Å². The molecule has 2 amide bonds. The van der Waals surface area contributed by atoms with Crippen molar-refractivity contribution in [2.75, 3.05) is 90.1 Å². The Morgan fingerprint density at radius 1 is 0.814 bits per heavy atom. The molecule has 1 saturated heterocycles. The van der Waals surface area contributed by atoms with Gasteiger partial charge in [-0.25, -0.2) is 9.78 Å². The number of anilines is 3. The van der Waals surface area contributed by atoms with Crippen LogP contribution in [0.25, 0.3) is 28.0 Å². The minimum absolute atomic E-state index is 0.0322. The summed E-state index contributed by atoms with van der Waals surface area (Å²) in [4.78, 5) is 39.6. The first-order chi connectivity index (χ1) is 28.9. The number of aromatic nitrogens is 5. The zero-order valence-corrected chi connectivity index (χ0v) is 32.9. The predicted molar refractivity (Wildman–Crippen MR) is 221 cm³/mol. The summed E-state index contributed by atoms with van der Waals surface area (Å²) in [5, 5.41) is 21.7. The van der Waals surface area contributed by atoms with Crippen LogP contribution in [0, 0.1) is 0 Å². The Bertz CT molecular complexity index is 2370. The van der Waals surface area contributed by atoms with Crippen LogP contribution in [0.4, 0.5) is 22.1 Å². The predicted octanol–water partition coefficient (Wildman–Crippen LogP) is 5.45. The molecule has 0 bridgehead atoms. The molecule has 8 rings (SSSR count). The summed E-state index contributed by atoms with van der Waals surface area (Å²) in [7, 11) is 3.16. The summed E-state index contributed by atoms with van der Waals surface area (Å²) >= 11 is 0. The molecule has 0 radical (unpaired) electrons.